The van der Waals surface area contributed by atoms with Crippen molar-refractivity contribution in [3.63, 3.8) is 0 Å². The Morgan fingerprint density at radius 2 is 0.889 bits per heavy atom. The van der Waals surface area contributed by atoms with Crippen LogP contribution in [0.15, 0.2) is 46.2 Å². The Bertz CT molecular complexity index is 833. The summed E-state index contributed by atoms with van der Waals surface area (Å²) < 4.78 is 0. The predicted molar refractivity (Wildman–Crippen MR) is 97.6 cm³/mol. The highest BCUT2D eigenvalue weighted by Gasteiger charge is 2.27. The zero-order chi connectivity index (χ0) is 20.0. The summed E-state index contributed by atoms with van der Waals surface area (Å²) in [6.07, 6.45) is 0. The van der Waals surface area contributed by atoms with Crippen molar-refractivity contribution in [3.8, 4) is 0 Å². The van der Waals surface area contributed by atoms with Gasteiger partial charge in [0.05, 0.1) is 29.5 Å². The second-order valence-electron chi connectivity index (χ2n) is 4.32. The lowest BCUT2D eigenvalue weighted by Gasteiger charge is -1.95. The number of thiol groups is 2. The van der Waals surface area contributed by atoms with Crippen molar-refractivity contribution in [2.75, 3.05) is 0 Å². The number of nitro benzene ring substituents is 4. The molecule has 0 atom stereocenters. The lowest BCUT2D eigenvalue weighted by atomic mass is 10.3. The van der Waals surface area contributed by atoms with Crippen molar-refractivity contribution in [1.82, 2.24) is 0 Å². The Labute approximate surface area is 160 Å². The van der Waals surface area contributed by atoms with Gasteiger partial charge in [-0.3, -0.25) is 40.5 Å². The summed E-state index contributed by atoms with van der Waals surface area (Å²) >= 11 is 7.51. The van der Waals surface area contributed by atoms with Crippen molar-refractivity contribution in [1.29, 1.82) is 0 Å². The van der Waals surface area contributed by atoms with E-state index in [1.165, 1.54) is 24.3 Å². The van der Waals surface area contributed by atoms with Gasteiger partial charge in [-0.25, -0.2) is 0 Å². The van der Waals surface area contributed by atoms with Crippen molar-refractivity contribution in [3.05, 3.63) is 76.9 Å². The smallest absolute Gasteiger partial charge is 0.359 e. The second-order valence-corrected chi connectivity index (χ2v) is 5.28. The first-order valence-electron chi connectivity index (χ1n) is 6.29. The fourth-order valence-electron chi connectivity index (χ4n) is 1.71. The molecule has 0 bridgehead atoms. The van der Waals surface area contributed by atoms with E-state index in [9.17, 15) is 40.5 Å². The summed E-state index contributed by atoms with van der Waals surface area (Å²) in [5.74, 6) is 0. The molecule has 2 aromatic carbocycles. The highest BCUT2D eigenvalue weighted by molar-refractivity contribution is 7.80. The van der Waals surface area contributed by atoms with Crippen LogP contribution in [0.5, 0.6) is 0 Å². The molecular formula is C12H10N4O9S2. The molecule has 144 valence electrons. The van der Waals surface area contributed by atoms with Gasteiger partial charge in [-0.15, -0.1) is 25.3 Å². The molecule has 27 heavy (non-hydrogen) atoms. The van der Waals surface area contributed by atoms with Gasteiger partial charge in [0.25, 0.3) is 0 Å². The number of nitro groups is 4. The molecular weight excluding hydrogens is 408 g/mol. The van der Waals surface area contributed by atoms with Crippen LogP contribution in [-0.4, -0.2) is 25.2 Å². The molecule has 0 saturated heterocycles. The normalized spacial score (nSPS) is 9.26. The molecule has 0 aliphatic carbocycles. The number of rotatable bonds is 4. The summed E-state index contributed by atoms with van der Waals surface area (Å²) in [5.41, 5.74) is -2.23. The van der Waals surface area contributed by atoms with Crippen molar-refractivity contribution in [2.24, 2.45) is 0 Å². The molecule has 2 rings (SSSR count). The maximum absolute atomic E-state index is 10.4. The molecule has 0 aromatic heterocycles. The van der Waals surface area contributed by atoms with E-state index in [0.717, 1.165) is 12.1 Å². The average molecular weight is 418 g/mol. The van der Waals surface area contributed by atoms with Crippen LogP contribution in [-0.2, 0) is 0 Å². The minimum atomic E-state index is -0.819. The van der Waals surface area contributed by atoms with Crippen LogP contribution in [0.1, 0.15) is 0 Å². The third kappa shape index (κ3) is 5.87. The topological polar surface area (TPSA) is 204 Å². The zero-order valence-corrected chi connectivity index (χ0v) is 14.7. The van der Waals surface area contributed by atoms with Gasteiger partial charge in [-0.05, 0) is 12.1 Å². The molecule has 0 spiro atoms. The van der Waals surface area contributed by atoms with Crippen molar-refractivity contribution < 1.29 is 25.2 Å². The van der Waals surface area contributed by atoms with E-state index in [2.05, 4.69) is 25.3 Å². The van der Waals surface area contributed by atoms with E-state index < -0.39 is 42.4 Å². The van der Waals surface area contributed by atoms with Gasteiger partial charge < -0.3 is 5.48 Å². The Hall–Kier alpha value is -3.30. The molecule has 0 radical (unpaired) electrons. The quantitative estimate of drug-likeness (QED) is 0.428. The first-order valence-corrected chi connectivity index (χ1v) is 7.18. The minimum Gasteiger partial charge on any atom is -0.412 e. The molecule has 13 nitrogen and oxygen atoms in total. The third-order valence-electron chi connectivity index (χ3n) is 2.75. The molecule has 15 heteroatoms. The minimum absolute atomic E-state index is 0. The summed E-state index contributed by atoms with van der Waals surface area (Å²) in [7, 11) is 0. The van der Waals surface area contributed by atoms with Crippen LogP contribution in [0.25, 0.3) is 0 Å². The fourth-order valence-corrected chi connectivity index (χ4v) is 2.27. The first-order chi connectivity index (χ1) is 12.1. The standard InChI is InChI=1S/2C6H4N2O4S.H2O/c2*9-7(10)4-2-1-3-5(13)6(4)8(11)12;/h2*1-3,13H;1H2. The maximum atomic E-state index is 10.4. The maximum Gasteiger partial charge on any atom is 0.359 e. The van der Waals surface area contributed by atoms with Crippen molar-refractivity contribution >= 4 is 48.0 Å². The van der Waals surface area contributed by atoms with Gasteiger partial charge in [0.15, 0.2) is 0 Å². The first kappa shape index (κ1) is 23.7. The lowest BCUT2D eigenvalue weighted by Crippen LogP contribution is -1.96. The number of hydrogen-bond acceptors (Lipinski definition) is 10. The summed E-state index contributed by atoms with van der Waals surface area (Å²) in [6, 6.07) is 7.47. The van der Waals surface area contributed by atoms with Crippen LogP contribution < -0.4 is 0 Å². The molecule has 0 heterocycles. The Kier molecular flexibility index (Phi) is 8.77. The molecule has 0 fully saturated rings. The van der Waals surface area contributed by atoms with Crippen LogP contribution in [0, 0.1) is 40.5 Å². The molecule has 0 saturated carbocycles. The summed E-state index contributed by atoms with van der Waals surface area (Å²) in [5, 5.41) is 41.5. The highest BCUT2D eigenvalue weighted by Crippen LogP contribution is 2.33. The number of hydrogen-bond donors (Lipinski definition) is 2. The van der Waals surface area contributed by atoms with Crippen LogP contribution in [0.3, 0.4) is 0 Å². The second kappa shape index (κ2) is 10.00. The van der Waals surface area contributed by atoms with E-state index in [1.54, 1.807) is 0 Å². The lowest BCUT2D eigenvalue weighted by molar-refractivity contribution is -0.424. The molecule has 0 aliphatic rings. The van der Waals surface area contributed by atoms with Crippen molar-refractivity contribution in [2.45, 2.75) is 9.79 Å². The molecule has 0 aliphatic heterocycles. The SMILES string of the molecule is O.O=[N+]([O-])c1cccc(S)c1[N+](=O)[O-].O=[N+]([O-])c1cccc(S)c1[N+](=O)[O-]. The number of benzene rings is 2. The average Bonchev–Trinajstić information content (AvgIpc) is 2.54. The van der Waals surface area contributed by atoms with E-state index in [0.29, 0.717) is 0 Å². The fraction of sp³-hybridized carbons (Fsp3) is 0. The number of para-hydroxylation sites is 2. The Morgan fingerprint density at radius 1 is 0.593 bits per heavy atom. The van der Waals surface area contributed by atoms with Gasteiger partial charge in [0.2, 0.25) is 0 Å². The Balaban J connectivity index is 0.000000483. The van der Waals surface area contributed by atoms with E-state index >= 15 is 0 Å². The predicted octanol–water partition coefficient (Wildman–Crippen LogP) is 2.76. The summed E-state index contributed by atoms with van der Waals surface area (Å²) in [6.45, 7) is 0. The van der Waals surface area contributed by atoms with E-state index in [-0.39, 0.29) is 15.3 Å². The monoisotopic (exact) mass is 418 g/mol. The largest absolute Gasteiger partial charge is 0.412 e. The van der Waals surface area contributed by atoms with E-state index in [1.807, 2.05) is 0 Å². The molecule has 2 N–H and O–H groups in total. The van der Waals surface area contributed by atoms with Crippen LogP contribution in [0.2, 0.25) is 0 Å². The van der Waals surface area contributed by atoms with Gasteiger partial charge in [-0.2, -0.15) is 0 Å². The number of nitrogens with zero attached hydrogens (tertiary/aromatic N) is 4. The molecule has 0 amide bonds. The van der Waals surface area contributed by atoms with Gasteiger partial charge in [0, 0.05) is 12.1 Å². The van der Waals surface area contributed by atoms with Crippen LogP contribution in [0.4, 0.5) is 22.7 Å². The highest BCUT2D eigenvalue weighted by atomic mass is 32.1. The van der Waals surface area contributed by atoms with E-state index in [4.69, 9.17) is 0 Å². The van der Waals surface area contributed by atoms with Gasteiger partial charge >= 0.3 is 22.7 Å². The van der Waals surface area contributed by atoms with Gasteiger partial charge in [0.1, 0.15) is 0 Å². The summed E-state index contributed by atoms with van der Waals surface area (Å²) in [4.78, 5) is 38.2. The van der Waals surface area contributed by atoms with Gasteiger partial charge in [-0.1, -0.05) is 12.1 Å². The molecule has 0 unspecified atom stereocenters. The van der Waals surface area contributed by atoms with Crippen LogP contribution >= 0.6 is 25.3 Å². The zero-order valence-electron chi connectivity index (χ0n) is 12.9. The third-order valence-corrected chi connectivity index (χ3v) is 3.47. The molecule has 2 aromatic rings. The Morgan fingerprint density at radius 3 is 1.07 bits per heavy atom.